The summed E-state index contributed by atoms with van der Waals surface area (Å²) in [7, 11) is 0. The highest BCUT2D eigenvalue weighted by Gasteiger charge is 1.87. The molecule has 9 heavy (non-hydrogen) atoms. The van der Waals surface area contributed by atoms with Crippen LogP contribution in [0.15, 0.2) is 37.4 Å². The van der Waals surface area contributed by atoms with E-state index in [0.29, 0.717) is 0 Å². The average Bonchev–Trinajstić information content (AvgIpc) is 1.91. The van der Waals surface area contributed by atoms with Crippen LogP contribution < -0.4 is 4.57 Å². The van der Waals surface area contributed by atoms with Crippen LogP contribution in [0.2, 0.25) is 0 Å². The molecule has 0 fully saturated rings. The SMILES string of the molecule is C=CC[n+]1cccnc1. The molecule has 0 aliphatic rings. The topological polar surface area (TPSA) is 16.8 Å². The van der Waals surface area contributed by atoms with Gasteiger partial charge in [0.1, 0.15) is 12.7 Å². The Morgan fingerprint density at radius 1 is 1.67 bits per heavy atom. The Morgan fingerprint density at radius 3 is 3.11 bits per heavy atom. The predicted octanol–water partition coefficient (Wildman–Crippen LogP) is 0.555. The second-order valence-electron chi connectivity index (χ2n) is 1.74. The van der Waals surface area contributed by atoms with Crippen LogP contribution in [0, 0.1) is 0 Å². The number of rotatable bonds is 2. The predicted molar refractivity (Wildman–Crippen MR) is 34.6 cm³/mol. The smallest absolute Gasteiger partial charge is 0.234 e. The minimum Gasteiger partial charge on any atom is -0.234 e. The van der Waals surface area contributed by atoms with Gasteiger partial charge in [-0.15, -0.1) is 0 Å². The number of allylic oxidation sites excluding steroid dienone is 1. The van der Waals surface area contributed by atoms with Crippen LogP contribution in [-0.2, 0) is 6.54 Å². The number of aromatic nitrogens is 2. The van der Waals surface area contributed by atoms with Crippen LogP contribution in [0.4, 0.5) is 0 Å². The van der Waals surface area contributed by atoms with Gasteiger partial charge < -0.3 is 0 Å². The van der Waals surface area contributed by atoms with Crippen molar-refractivity contribution < 1.29 is 4.57 Å². The largest absolute Gasteiger partial charge is 0.286 e. The highest BCUT2D eigenvalue weighted by Crippen LogP contribution is 1.70. The second-order valence-corrected chi connectivity index (χ2v) is 1.74. The summed E-state index contributed by atoms with van der Waals surface area (Å²) < 4.78 is 1.95. The van der Waals surface area contributed by atoms with Gasteiger partial charge in [0.05, 0.1) is 6.20 Å². The van der Waals surface area contributed by atoms with Crippen LogP contribution >= 0.6 is 0 Å². The van der Waals surface area contributed by atoms with Crippen molar-refractivity contribution in [3.05, 3.63) is 37.4 Å². The summed E-state index contributed by atoms with van der Waals surface area (Å²) in [6, 6.07) is 1.89. The van der Waals surface area contributed by atoms with Gasteiger partial charge in [0.15, 0.2) is 0 Å². The lowest BCUT2D eigenvalue weighted by Crippen LogP contribution is -2.31. The summed E-state index contributed by atoms with van der Waals surface area (Å²) in [4.78, 5) is 3.92. The molecule has 0 aliphatic carbocycles. The standard InChI is InChI=1S/C7H9N2/c1-2-5-9-6-3-4-8-7-9/h2-4,6-7H,1,5H2/q+1. The summed E-state index contributed by atoms with van der Waals surface area (Å²) in [5, 5.41) is 0. The van der Waals surface area contributed by atoms with Crippen molar-refractivity contribution in [2.75, 3.05) is 0 Å². The monoisotopic (exact) mass is 121 g/mol. The molecule has 0 saturated heterocycles. The molecule has 0 atom stereocenters. The van der Waals surface area contributed by atoms with E-state index in [9.17, 15) is 0 Å². The van der Waals surface area contributed by atoms with Crippen molar-refractivity contribution in [1.82, 2.24) is 4.98 Å². The van der Waals surface area contributed by atoms with Crippen molar-refractivity contribution in [2.45, 2.75) is 6.54 Å². The minimum absolute atomic E-state index is 0.827. The first-order valence-corrected chi connectivity index (χ1v) is 2.83. The molecule has 2 heteroatoms. The quantitative estimate of drug-likeness (QED) is 0.412. The van der Waals surface area contributed by atoms with Gasteiger partial charge in [-0.3, -0.25) is 0 Å². The van der Waals surface area contributed by atoms with Crippen LogP contribution in [0.3, 0.4) is 0 Å². The number of hydrogen-bond acceptors (Lipinski definition) is 1. The first-order valence-electron chi connectivity index (χ1n) is 2.83. The maximum Gasteiger partial charge on any atom is 0.286 e. The van der Waals surface area contributed by atoms with Gasteiger partial charge in [-0.1, -0.05) is 17.6 Å². The Labute approximate surface area is 54.5 Å². The summed E-state index contributed by atoms with van der Waals surface area (Å²) in [6.07, 6.45) is 7.30. The normalized spacial score (nSPS) is 8.89. The highest BCUT2D eigenvalue weighted by molar-refractivity contribution is 4.70. The van der Waals surface area contributed by atoms with Crippen molar-refractivity contribution in [2.24, 2.45) is 0 Å². The fraction of sp³-hybridized carbons (Fsp3) is 0.143. The molecule has 0 bridgehead atoms. The third-order valence-corrected chi connectivity index (χ3v) is 1.00. The summed E-state index contributed by atoms with van der Waals surface area (Å²) in [5.41, 5.74) is 0. The van der Waals surface area contributed by atoms with Crippen molar-refractivity contribution in [3.8, 4) is 0 Å². The van der Waals surface area contributed by atoms with E-state index in [1.165, 1.54) is 0 Å². The molecule has 2 nitrogen and oxygen atoms in total. The van der Waals surface area contributed by atoms with Crippen LogP contribution in [0.25, 0.3) is 0 Å². The lowest BCUT2D eigenvalue weighted by atomic mass is 10.6. The van der Waals surface area contributed by atoms with Crippen molar-refractivity contribution in [1.29, 1.82) is 0 Å². The lowest BCUT2D eigenvalue weighted by Gasteiger charge is -1.87. The molecule has 0 N–H and O–H groups in total. The molecule has 1 heterocycles. The Bertz CT molecular complexity index is 181. The Balaban J connectivity index is 2.72. The first kappa shape index (κ1) is 5.95. The van der Waals surface area contributed by atoms with E-state index in [-0.39, 0.29) is 0 Å². The van der Waals surface area contributed by atoms with E-state index < -0.39 is 0 Å². The zero-order chi connectivity index (χ0) is 6.53. The Kier molecular flexibility index (Phi) is 1.96. The van der Waals surface area contributed by atoms with E-state index in [2.05, 4.69) is 11.6 Å². The fourth-order valence-electron chi connectivity index (χ4n) is 0.618. The van der Waals surface area contributed by atoms with Gasteiger partial charge in [-0.25, -0.2) is 4.57 Å². The van der Waals surface area contributed by atoms with E-state index in [1.807, 2.05) is 22.9 Å². The second kappa shape index (κ2) is 2.97. The number of nitrogens with zero attached hydrogens (tertiary/aromatic N) is 2. The van der Waals surface area contributed by atoms with Gasteiger partial charge in [0, 0.05) is 6.07 Å². The van der Waals surface area contributed by atoms with Gasteiger partial charge in [0.25, 0.3) is 6.33 Å². The first-order chi connectivity index (χ1) is 4.43. The zero-order valence-corrected chi connectivity index (χ0v) is 5.20. The molecule has 0 aliphatic heterocycles. The molecular weight excluding hydrogens is 112 g/mol. The third kappa shape index (κ3) is 1.64. The van der Waals surface area contributed by atoms with E-state index >= 15 is 0 Å². The maximum atomic E-state index is 3.92. The van der Waals surface area contributed by atoms with Crippen LogP contribution in [-0.4, -0.2) is 4.98 Å². The number of hydrogen-bond donors (Lipinski definition) is 0. The molecule has 0 radical (unpaired) electrons. The lowest BCUT2D eigenvalue weighted by molar-refractivity contribution is -0.689. The van der Waals surface area contributed by atoms with Crippen molar-refractivity contribution >= 4 is 0 Å². The molecule has 0 unspecified atom stereocenters. The van der Waals surface area contributed by atoms with Crippen LogP contribution in [0.1, 0.15) is 0 Å². The highest BCUT2D eigenvalue weighted by atomic mass is 15.0. The summed E-state index contributed by atoms with van der Waals surface area (Å²) in [5.74, 6) is 0. The Hall–Kier alpha value is -1.18. The van der Waals surface area contributed by atoms with Gasteiger partial charge in [0.2, 0.25) is 0 Å². The van der Waals surface area contributed by atoms with Crippen LogP contribution in [0.5, 0.6) is 0 Å². The summed E-state index contributed by atoms with van der Waals surface area (Å²) >= 11 is 0. The van der Waals surface area contributed by atoms with E-state index in [0.717, 1.165) is 6.54 Å². The van der Waals surface area contributed by atoms with Gasteiger partial charge in [-0.05, 0) is 0 Å². The molecule has 46 valence electrons. The molecular formula is C7H9N2+. The average molecular weight is 121 g/mol. The molecule has 0 spiro atoms. The molecule has 0 amide bonds. The fourth-order valence-corrected chi connectivity index (χ4v) is 0.618. The maximum absolute atomic E-state index is 3.92. The zero-order valence-electron chi connectivity index (χ0n) is 5.20. The summed E-state index contributed by atoms with van der Waals surface area (Å²) in [6.45, 7) is 4.43. The third-order valence-electron chi connectivity index (χ3n) is 1.00. The van der Waals surface area contributed by atoms with E-state index in [4.69, 9.17) is 0 Å². The molecule has 0 aromatic carbocycles. The molecule has 1 aromatic rings. The van der Waals surface area contributed by atoms with Crippen molar-refractivity contribution in [3.63, 3.8) is 0 Å². The minimum atomic E-state index is 0.827. The van der Waals surface area contributed by atoms with E-state index in [1.54, 1.807) is 12.5 Å². The molecule has 1 aromatic heterocycles. The van der Waals surface area contributed by atoms with Gasteiger partial charge in [-0.2, -0.15) is 0 Å². The Morgan fingerprint density at radius 2 is 2.56 bits per heavy atom. The molecule has 0 saturated carbocycles. The van der Waals surface area contributed by atoms with Gasteiger partial charge >= 0.3 is 0 Å². The molecule has 1 rings (SSSR count).